The Morgan fingerprint density at radius 2 is 2.00 bits per heavy atom. The van der Waals surface area contributed by atoms with Crippen LogP contribution in [-0.2, 0) is 4.79 Å². The molecule has 1 aromatic heterocycles. The molecule has 0 aliphatic heterocycles. The van der Waals surface area contributed by atoms with Gasteiger partial charge < -0.3 is 15.4 Å². The zero-order valence-corrected chi connectivity index (χ0v) is 11.8. The molecule has 2 N–H and O–H groups in total. The smallest absolute Gasteiger partial charge is 0.310 e. The molecule has 0 fully saturated rings. The van der Waals surface area contributed by atoms with Gasteiger partial charge in [0.25, 0.3) is 0 Å². The first kappa shape index (κ1) is 15.0. The lowest BCUT2D eigenvalue weighted by atomic mass is 10.3. The topological polar surface area (TPSA) is 99.4 Å². The van der Waals surface area contributed by atoms with Crippen LogP contribution in [0.5, 0.6) is 5.75 Å². The number of carbonyl (C=O) groups excluding carboxylic acids is 1. The number of nitrogens with zero attached hydrogens (tertiary/aromatic N) is 3. The van der Waals surface area contributed by atoms with E-state index in [4.69, 9.17) is 10.00 Å². The minimum Gasteiger partial charge on any atom is -0.425 e. The molecule has 2 rings (SSSR count). The predicted octanol–water partition coefficient (Wildman–Crippen LogP) is 2.37. The van der Waals surface area contributed by atoms with Gasteiger partial charge in [0.05, 0.1) is 11.9 Å². The van der Waals surface area contributed by atoms with Crippen molar-refractivity contribution in [1.82, 2.24) is 4.98 Å². The average Bonchev–Trinajstić information content (AvgIpc) is 2.50. The van der Waals surface area contributed by atoms with Gasteiger partial charge in [0, 0.05) is 6.92 Å². The molecule has 0 atom stereocenters. The molecule has 0 unspecified atom stereocenters. The summed E-state index contributed by atoms with van der Waals surface area (Å²) in [6.07, 6.45) is 3.16. The number of ether oxygens (including phenoxy) is 1. The third kappa shape index (κ3) is 4.61. The van der Waals surface area contributed by atoms with Gasteiger partial charge in [0.1, 0.15) is 11.6 Å². The number of aromatic nitrogens is 1. The summed E-state index contributed by atoms with van der Waals surface area (Å²) in [4.78, 5) is 18.6. The fourth-order valence-electron chi connectivity index (χ4n) is 1.57. The molecule has 0 radical (unpaired) electrons. The standard InChI is InChI=1S/C15H13N5O2/c1-11(21)19-14-8-7-12(9-17-14)20-15(18-10-16)22-13-5-3-2-4-6-13/h2-9H,1H3,(H,18,20)(H,17,19,21). The van der Waals surface area contributed by atoms with Crippen LogP contribution in [-0.4, -0.2) is 16.9 Å². The van der Waals surface area contributed by atoms with Crippen molar-refractivity contribution >= 4 is 23.4 Å². The van der Waals surface area contributed by atoms with Crippen molar-refractivity contribution in [3.05, 3.63) is 48.7 Å². The summed E-state index contributed by atoms with van der Waals surface area (Å²) in [5, 5.41) is 14.1. The lowest BCUT2D eigenvalue weighted by molar-refractivity contribution is -0.114. The van der Waals surface area contributed by atoms with E-state index in [0.29, 0.717) is 17.3 Å². The molecule has 2 aromatic rings. The Morgan fingerprint density at radius 3 is 2.59 bits per heavy atom. The quantitative estimate of drug-likeness (QED) is 0.514. The number of nitrogens with one attached hydrogen (secondary N) is 2. The van der Waals surface area contributed by atoms with E-state index in [0.717, 1.165) is 0 Å². The average molecular weight is 295 g/mol. The summed E-state index contributed by atoms with van der Waals surface area (Å²) in [6.45, 7) is 1.40. The van der Waals surface area contributed by atoms with Crippen molar-refractivity contribution in [2.24, 2.45) is 4.99 Å². The molecule has 1 heterocycles. The van der Waals surface area contributed by atoms with E-state index in [1.165, 1.54) is 13.1 Å². The van der Waals surface area contributed by atoms with E-state index in [2.05, 4.69) is 20.6 Å². The summed E-state index contributed by atoms with van der Waals surface area (Å²) in [5.74, 6) is 0.778. The van der Waals surface area contributed by atoms with Gasteiger partial charge in [-0.1, -0.05) is 18.2 Å². The molecular formula is C15H13N5O2. The highest BCUT2D eigenvalue weighted by Crippen LogP contribution is 2.12. The molecule has 0 spiro atoms. The fraction of sp³-hybridized carbons (Fsp3) is 0.0667. The Hall–Kier alpha value is -3.40. The number of pyridine rings is 1. The van der Waals surface area contributed by atoms with Crippen LogP contribution < -0.4 is 15.4 Å². The Balaban J connectivity index is 2.07. The van der Waals surface area contributed by atoms with Gasteiger partial charge in [0.2, 0.25) is 12.1 Å². The van der Waals surface area contributed by atoms with E-state index in [1.54, 1.807) is 30.5 Å². The Bertz CT molecular complexity index is 705. The summed E-state index contributed by atoms with van der Waals surface area (Å²) in [6, 6.07) is 12.3. The lowest BCUT2D eigenvalue weighted by Crippen LogP contribution is -2.19. The third-order valence-electron chi connectivity index (χ3n) is 2.43. The number of benzene rings is 1. The zero-order chi connectivity index (χ0) is 15.8. The number of rotatable bonds is 3. The minimum absolute atomic E-state index is 0.0303. The molecule has 110 valence electrons. The molecule has 0 saturated carbocycles. The summed E-state index contributed by atoms with van der Waals surface area (Å²) >= 11 is 0. The maximum atomic E-state index is 10.9. The van der Waals surface area contributed by atoms with Crippen LogP contribution in [0.25, 0.3) is 0 Å². The molecule has 0 bridgehead atoms. The first-order valence-corrected chi connectivity index (χ1v) is 6.38. The van der Waals surface area contributed by atoms with Crippen molar-refractivity contribution in [1.29, 1.82) is 5.26 Å². The zero-order valence-electron chi connectivity index (χ0n) is 11.8. The molecule has 0 saturated heterocycles. The molecule has 0 aliphatic rings. The maximum Gasteiger partial charge on any atom is 0.310 e. The Labute approximate surface area is 127 Å². The monoisotopic (exact) mass is 295 g/mol. The van der Waals surface area contributed by atoms with Gasteiger partial charge in [-0.15, -0.1) is 4.99 Å². The van der Waals surface area contributed by atoms with Crippen molar-refractivity contribution < 1.29 is 9.53 Å². The highest BCUT2D eigenvalue weighted by Gasteiger charge is 2.05. The second kappa shape index (κ2) is 7.40. The number of amides is 1. The number of carbonyl (C=O) groups is 1. The highest BCUT2D eigenvalue weighted by atomic mass is 16.5. The summed E-state index contributed by atoms with van der Waals surface area (Å²) < 4.78 is 5.47. The summed E-state index contributed by atoms with van der Waals surface area (Å²) in [5.41, 5.74) is 0.569. The number of amidine groups is 1. The van der Waals surface area contributed by atoms with Crippen LogP contribution >= 0.6 is 0 Å². The molecule has 1 amide bonds. The van der Waals surface area contributed by atoms with Crippen molar-refractivity contribution in [3.63, 3.8) is 0 Å². The van der Waals surface area contributed by atoms with Crippen molar-refractivity contribution in [2.75, 3.05) is 10.6 Å². The molecule has 22 heavy (non-hydrogen) atoms. The third-order valence-corrected chi connectivity index (χ3v) is 2.43. The van der Waals surface area contributed by atoms with Crippen molar-refractivity contribution in [3.8, 4) is 11.9 Å². The van der Waals surface area contributed by atoms with E-state index in [-0.39, 0.29) is 11.9 Å². The predicted molar refractivity (Wildman–Crippen MR) is 82.3 cm³/mol. The van der Waals surface area contributed by atoms with Crippen LogP contribution in [0.4, 0.5) is 11.5 Å². The van der Waals surface area contributed by atoms with Crippen LogP contribution in [0.2, 0.25) is 0 Å². The van der Waals surface area contributed by atoms with E-state index >= 15 is 0 Å². The number of hydrogen-bond donors (Lipinski definition) is 2. The van der Waals surface area contributed by atoms with Gasteiger partial charge in [-0.3, -0.25) is 4.79 Å². The molecule has 1 aromatic carbocycles. The Kier molecular flexibility index (Phi) is 5.04. The number of aliphatic imine (C=N–C) groups is 1. The van der Waals surface area contributed by atoms with Gasteiger partial charge in [-0.2, -0.15) is 5.26 Å². The minimum atomic E-state index is -0.202. The second-order valence-corrected chi connectivity index (χ2v) is 4.17. The summed E-state index contributed by atoms with van der Waals surface area (Å²) in [7, 11) is 0. The molecule has 7 nitrogen and oxygen atoms in total. The van der Waals surface area contributed by atoms with Gasteiger partial charge in [-0.25, -0.2) is 4.98 Å². The SMILES string of the molecule is CC(=O)Nc1ccc(N/C(=N/C#N)Oc2ccccc2)cn1. The van der Waals surface area contributed by atoms with Gasteiger partial charge in [-0.05, 0) is 24.3 Å². The van der Waals surface area contributed by atoms with E-state index in [9.17, 15) is 4.79 Å². The molecule has 7 heteroatoms. The van der Waals surface area contributed by atoms with E-state index < -0.39 is 0 Å². The highest BCUT2D eigenvalue weighted by molar-refractivity contribution is 5.91. The molecular weight excluding hydrogens is 282 g/mol. The molecule has 0 aliphatic carbocycles. The Morgan fingerprint density at radius 1 is 1.23 bits per heavy atom. The second-order valence-electron chi connectivity index (χ2n) is 4.17. The van der Waals surface area contributed by atoms with Gasteiger partial charge in [0.15, 0.2) is 0 Å². The number of para-hydroxylation sites is 1. The number of anilines is 2. The van der Waals surface area contributed by atoms with E-state index in [1.807, 2.05) is 18.2 Å². The maximum absolute atomic E-state index is 10.9. The normalized spacial score (nSPS) is 10.5. The lowest BCUT2D eigenvalue weighted by Gasteiger charge is -2.10. The largest absolute Gasteiger partial charge is 0.425 e. The van der Waals surface area contributed by atoms with Crippen LogP contribution in [0, 0.1) is 11.5 Å². The van der Waals surface area contributed by atoms with Crippen LogP contribution in [0.3, 0.4) is 0 Å². The van der Waals surface area contributed by atoms with Gasteiger partial charge >= 0.3 is 6.02 Å². The number of nitriles is 1. The van der Waals surface area contributed by atoms with Crippen LogP contribution in [0.1, 0.15) is 6.92 Å². The fourth-order valence-corrected chi connectivity index (χ4v) is 1.57. The first-order chi connectivity index (χ1) is 10.7. The van der Waals surface area contributed by atoms with Crippen molar-refractivity contribution in [2.45, 2.75) is 6.92 Å². The van der Waals surface area contributed by atoms with Crippen LogP contribution in [0.15, 0.2) is 53.7 Å². The number of hydrogen-bond acceptors (Lipinski definition) is 5. The first-order valence-electron chi connectivity index (χ1n) is 6.38.